The van der Waals surface area contributed by atoms with Gasteiger partial charge in [0.15, 0.2) is 0 Å². The Labute approximate surface area is 186 Å². The molecular weight excluding hydrogens is 455 g/mol. The molecule has 0 heterocycles. The molecule has 169 valence electrons. The van der Waals surface area contributed by atoms with Gasteiger partial charge in [0.1, 0.15) is 0 Å². The summed E-state index contributed by atoms with van der Waals surface area (Å²) in [6.07, 6.45) is 13.0. The van der Waals surface area contributed by atoms with Crippen molar-refractivity contribution in [3.63, 3.8) is 0 Å². The zero-order valence-corrected chi connectivity index (χ0v) is 23.7. The Balaban J connectivity index is 5.12. The van der Waals surface area contributed by atoms with E-state index in [1.807, 2.05) is 0 Å². The summed E-state index contributed by atoms with van der Waals surface area (Å²) >= 11 is -2.93. The molecule has 1 radical (unpaired) electrons. The van der Waals surface area contributed by atoms with E-state index in [2.05, 4.69) is 69.2 Å². The van der Waals surface area contributed by atoms with E-state index in [1.54, 1.807) is 0 Å². The van der Waals surface area contributed by atoms with Crippen LogP contribution in [0.15, 0.2) is 0 Å². The summed E-state index contributed by atoms with van der Waals surface area (Å²) in [5, 5.41) is 0. The van der Waals surface area contributed by atoms with Crippen LogP contribution in [-0.4, -0.2) is 37.8 Å². The second-order valence-corrected chi connectivity index (χ2v) is 14.0. The molecule has 0 spiro atoms. The van der Waals surface area contributed by atoms with Crippen LogP contribution in [0.2, 0.25) is 0 Å². The fraction of sp³-hybridized carbons (Fsp3) is 1.00. The average molecular weight is 506 g/mol. The Bertz CT molecular complexity index is 354. The van der Waals surface area contributed by atoms with Gasteiger partial charge in [-0.25, -0.2) is 0 Å². The molecular formula is C24H51O3Sn. The Morgan fingerprint density at radius 2 is 0.964 bits per heavy atom. The van der Waals surface area contributed by atoms with Gasteiger partial charge in [-0.3, -0.25) is 0 Å². The molecule has 0 aliphatic rings. The number of hydrogen-bond donors (Lipinski definition) is 0. The van der Waals surface area contributed by atoms with Crippen LogP contribution in [0.5, 0.6) is 0 Å². The van der Waals surface area contributed by atoms with Crippen LogP contribution in [-0.2, 0) is 9.22 Å². The van der Waals surface area contributed by atoms with Crippen LogP contribution in [0.4, 0.5) is 0 Å². The maximum absolute atomic E-state index is 6.72. The zero-order valence-electron chi connectivity index (χ0n) is 20.9. The molecule has 0 aliphatic heterocycles. The first kappa shape index (κ1) is 28.7. The fourth-order valence-corrected chi connectivity index (χ4v) is 8.25. The molecule has 0 saturated heterocycles. The molecule has 0 aromatic heterocycles. The summed E-state index contributed by atoms with van der Waals surface area (Å²) in [6.45, 7) is 21.7. The van der Waals surface area contributed by atoms with Crippen molar-refractivity contribution in [3.05, 3.63) is 0 Å². The van der Waals surface area contributed by atoms with E-state index in [4.69, 9.17) is 9.22 Å². The van der Waals surface area contributed by atoms with E-state index in [0.717, 1.165) is 0 Å². The summed E-state index contributed by atoms with van der Waals surface area (Å²) in [6, 6.07) is 0. The number of hydrogen-bond acceptors (Lipinski definition) is 3. The van der Waals surface area contributed by atoms with Gasteiger partial charge in [-0.05, 0) is 0 Å². The molecule has 0 N–H and O–H groups in total. The molecule has 0 aromatic rings. The third kappa shape index (κ3) is 15.5. The third-order valence-corrected chi connectivity index (χ3v) is 11.3. The summed E-state index contributed by atoms with van der Waals surface area (Å²) in [7, 11) is 0. The number of unbranched alkanes of at least 4 members (excludes halogenated alkanes) is 6. The monoisotopic (exact) mass is 507 g/mol. The second kappa shape index (κ2) is 13.9. The van der Waals surface area contributed by atoms with E-state index in [0.29, 0.717) is 5.92 Å². The van der Waals surface area contributed by atoms with Crippen LogP contribution >= 0.6 is 0 Å². The van der Waals surface area contributed by atoms with E-state index < -0.39 is 21.0 Å². The van der Waals surface area contributed by atoms with Gasteiger partial charge in [-0.2, -0.15) is 0 Å². The predicted octanol–water partition coefficient (Wildman–Crippen LogP) is 7.95. The van der Waals surface area contributed by atoms with Gasteiger partial charge in [0.25, 0.3) is 0 Å². The van der Waals surface area contributed by atoms with Gasteiger partial charge in [-0.15, -0.1) is 0 Å². The van der Waals surface area contributed by atoms with E-state index in [-0.39, 0.29) is 16.8 Å². The molecule has 0 fully saturated rings. The van der Waals surface area contributed by atoms with E-state index >= 15 is 0 Å². The minimum absolute atomic E-state index is 0.191. The van der Waals surface area contributed by atoms with Crippen molar-refractivity contribution in [2.45, 2.75) is 150 Å². The minimum atomic E-state index is -2.93. The third-order valence-electron chi connectivity index (χ3n) is 4.92. The van der Waals surface area contributed by atoms with Crippen LogP contribution in [0.1, 0.15) is 133 Å². The second-order valence-electron chi connectivity index (χ2n) is 10.8. The van der Waals surface area contributed by atoms with Gasteiger partial charge in [0.2, 0.25) is 0 Å². The molecule has 0 saturated carbocycles. The fourth-order valence-electron chi connectivity index (χ4n) is 3.34. The Morgan fingerprint density at radius 1 is 0.571 bits per heavy atom. The van der Waals surface area contributed by atoms with Gasteiger partial charge in [0, 0.05) is 0 Å². The van der Waals surface area contributed by atoms with Gasteiger partial charge in [-0.1, -0.05) is 0 Å². The van der Waals surface area contributed by atoms with Crippen molar-refractivity contribution in [1.29, 1.82) is 0 Å². The SMILES string of the molecule is CCCCCCC(CCCCCC)C(C)(C)[O][Sn]([O]C(C)(C)C)[O]C(C)(C)C. The van der Waals surface area contributed by atoms with Gasteiger partial charge >= 0.3 is 186 Å². The van der Waals surface area contributed by atoms with Gasteiger partial charge in [0.05, 0.1) is 0 Å². The first-order chi connectivity index (χ1) is 12.8. The molecule has 0 unspecified atom stereocenters. The topological polar surface area (TPSA) is 27.7 Å². The molecule has 0 aliphatic carbocycles. The molecule has 28 heavy (non-hydrogen) atoms. The molecule has 0 amide bonds. The van der Waals surface area contributed by atoms with Crippen molar-refractivity contribution in [2.75, 3.05) is 0 Å². The molecule has 0 atom stereocenters. The van der Waals surface area contributed by atoms with E-state index in [9.17, 15) is 0 Å². The summed E-state index contributed by atoms with van der Waals surface area (Å²) in [4.78, 5) is 0. The molecule has 3 nitrogen and oxygen atoms in total. The van der Waals surface area contributed by atoms with E-state index in [1.165, 1.54) is 64.2 Å². The Hall–Kier alpha value is 0.679. The van der Waals surface area contributed by atoms with Crippen LogP contribution in [0, 0.1) is 5.92 Å². The first-order valence-electron chi connectivity index (χ1n) is 11.7. The zero-order chi connectivity index (χ0) is 21.8. The van der Waals surface area contributed by atoms with Crippen molar-refractivity contribution in [3.8, 4) is 0 Å². The normalized spacial score (nSPS) is 13.7. The summed E-state index contributed by atoms with van der Waals surface area (Å²) in [5.41, 5.74) is -0.647. The summed E-state index contributed by atoms with van der Waals surface area (Å²) < 4.78 is 19.4. The standard InChI is InChI=1S/C16H33O.2C4H9O.Sn/c1-5-7-9-11-13-15(16(3,4)17)14-12-10-8-6-2;2*1-4(2,3)5;/h15H,5-14H2,1-4H3;2*1-3H3;/q3*-1;+3. The summed E-state index contributed by atoms with van der Waals surface area (Å²) in [5.74, 6) is 0.573. The Morgan fingerprint density at radius 3 is 1.29 bits per heavy atom. The molecule has 0 rings (SSSR count). The predicted molar refractivity (Wildman–Crippen MR) is 124 cm³/mol. The molecule has 0 aromatic carbocycles. The van der Waals surface area contributed by atoms with Gasteiger partial charge < -0.3 is 0 Å². The first-order valence-corrected chi connectivity index (χ1v) is 15.2. The van der Waals surface area contributed by atoms with Crippen LogP contribution in [0.25, 0.3) is 0 Å². The van der Waals surface area contributed by atoms with Crippen molar-refractivity contribution >= 4 is 21.0 Å². The molecule has 0 bridgehead atoms. The molecule has 4 heteroatoms. The van der Waals surface area contributed by atoms with Crippen molar-refractivity contribution < 1.29 is 9.22 Å². The Kier molecular flexibility index (Phi) is 14.2. The van der Waals surface area contributed by atoms with Crippen molar-refractivity contribution in [2.24, 2.45) is 5.92 Å². The quantitative estimate of drug-likeness (QED) is 0.167. The average Bonchev–Trinajstić information content (AvgIpc) is 2.49. The van der Waals surface area contributed by atoms with Crippen LogP contribution in [0.3, 0.4) is 0 Å². The number of rotatable bonds is 15. The van der Waals surface area contributed by atoms with Crippen molar-refractivity contribution in [1.82, 2.24) is 0 Å². The van der Waals surface area contributed by atoms with Crippen LogP contribution < -0.4 is 0 Å². The maximum atomic E-state index is 6.72.